The van der Waals surface area contributed by atoms with E-state index in [0.717, 1.165) is 12.8 Å². The van der Waals surface area contributed by atoms with Crippen molar-refractivity contribution in [3.63, 3.8) is 0 Å². The molecule has 1 saturated carbocycles. The Kier molecular flexibility index (Phi) is 4.32. The topological polar surface area (TPSA) is 62.2 Å². The van der Waals surface area contributed by atoms with E-state index in [4.69, 9.17) is 5.11 Å². The SMILES string of the molecule is O=C(NC1CCCC1)c1ccncc1C#CCO. The Hall–Kier alpha value is -1.86. The fourth-order valence-corrected chi connectivity index (χ4v) is 2.16. The van der Waals surface area contributed by atoms with Gasteiger partial charge in [0.1, 0.15) is 6.61 Å². The van der Waals surface area contributed by atoms with Gasteiger partial charge in [0.25, 0.3) is 5.91 Å². The number of nitrogens with zero attached hydrogens (tertiary/aromatic N) is 1. The Morgan fingerprint density at radius 2 is 2.28 bits per heavy atom. The van der Waals surface area contributed by atoms with E-state index < -0.39 is 0 Å². The first-order valence-electron chi connectivity index (χ1n) is 6.16. The smallest absolute Gasteiger partial charge is 0.252 e. The third-order valence-corrected chi connectivity index (χ3v) is 3.06. The Bertz CT molecular complexity index is 482. The summed E-state index contributed by atoms with van der Waals surface area (Å²) in [4.78, 5) is 16.1. The van der Waals surface area contributed by atoms with E-state index >= 15 is 0 Å². The number of hydrogen-bond donors (Lipinski definition) is 2. The fraction of sp³-hybridized carbons (Fsp3) is 0.429. The van der Waals surface area contributed by atoms with Gasteiger partial charge in [0.05, 0.1) is 11.1 Å². The van der Waals surface area contributed by atoms with Crippen LogP contribution in [0.15, 0.2) is 18.5 Å². The molecule has 0 saturated heterocycles. The molecule has 18 heavy (non-hydrogen) atoms. The molecule has 4 heteroatoms. The lowest BCUT2D eigenvalue weighted by molar-refractivity contribution is 0.0937. The van der Waals surface area contributed by atoms with Gasteiger partial charge in [-0.15, -0.1) is 0 Å². The third-order valence-electron chi connectivity index (χ3n) is 3.06. The van der Waals surface area contributed by atoms with E-state index in [1.807, 2.05) is 0 Å². The van der Waals surface area contributed by atoms with Crippen LogP contribution < -0.4 is 5.32 Å². The second kappa shape index (κ2) is 6.18. The zero-order chi connectivity index (χ0) is 12.8. The van der Waals surface area contributed by atoms with Gasteiger partial charge in [-0.25, -0.2) is 0 Å². The van der Waals surface area contributed by atoms with Crippen molar-refractivity contribution in [2.45, 2.75) is 31.7 Å². The van der Waals surface area contributed by atoms with Crippen molar-refractivity contribution in [2.24, 2.45) is 0 Å². The van der Waals surface area contributed by atoms with Gasteiger partial charge in [-0.05, 0) is 18.9 Å². The maximum Gasteiger partial charge on any atom is 0.252 e. The van der Waals surface area contributed by atoms with Gasteiger partial charge < -0.3 is 10.4 Å². The molecule has 2 N–H and O–H groups in total. The highest BCUT2D eigenvalue weighted by Crippen LogP contribution is 2.18. The largest absolute Gasteiger partial charge is 0.384 e. The molecule has 0 unspecified atom stereocenters. The van der Waals surface area contributed by atoms with Crippen LogP contribution in [0.3, 0.4) is 0 Å². The number of hydrogen-bond acceptors (Lipinski definition) is 3. The number of rotatable bonds is 2. The van der Waals surface area contributed by atoms with Crippen molar-refractivity contribution in [2.75, 3.05) is 6.61 Å². The zero-order valence-corrected chi connectivity index (χ0v) is 10.1. The predicted molar refractivity (Wildman–Crippen MR) is 67.9 cm³/mol. The fourth-order valence-electron chi connectivity index (χ4n) is 2.16. The lowest BCUT2D eigenvalue weighted by Crippen LogP contribution is -2.33. The lowest BCUT2D eigenvalue weighted by atomic mass is 10.1. The van der Waals surface area contributed by atoms with Crippen LogP contribution in [-0.4, -0.2) is 28.6 Å². The van der Waals surface area contributed by atoms with E-state index in [0.29, 0.717) is 11.1 Å². The minimum absolute atomic E-state index is 0.105. The minimum atomic E-state index is -0.224. The normalized spacial score (nSPS) is 14.9. The molecule has 0 aromatic carbocycles. The highest BCUT2D eigenvalue weighted by molar-refractivity contribution is 5.96. The van der Waals surface area contributed by atoms with Crippen LogP contribution in [-0.2, 0) is 0 Å². The first-order valence-corrected chi connectivity index (χ1v) is 6.16. The number of aliphatic hydroxyl groups is 1. The van der Waals surface area contributed by atoms with Crippen molar-refractivity contribution >= 4 is 5.91 Å². The average molecular weight is 244 g/mol. The average Bonchev–Trinajstić information content (AvgIpc) is 2.89. The summed E-state index contributed by atoms with van der Waals surface area (Å²) in [7, 11) is 0. The minimum Gasteiger partial charge on any atom is -0.384 e. The number of aliphatic hydroxyl groups excluding tert-OH is 1. The van der Waals surface area contributed by atoms with E-state index in [-0.39, 0.29) is 18.6 Å². The number of amides is 1. The van der Waals surface area contributed by atoms with E-state index in [1.165, 1.54) is 12.8 Å². The van der Waals surface area contributed by atoms with E-state index in [9.17, 15) is 4.79 Å². The molecule has 1 heterocycles. The molecule has 0 spiro atoms. The highest BCUT2D eigenvalue weighted by atomic mass is 16.2. The number of carbonyl (C=O) groups is 1. The Morgan fingerprint density at radius 3 is 3.00 bits per heavy atom. The molecule has 94 valence electrons. The molecule has 0 aliphatic heterocycles. The quantitative estimate of drug-likeness (QED) is 0.766. The second-order valence-electron chi connectivity index (χ2n) is 4.34. The summed E-state index contributed by atoms with van der Waals surface area (Å²) in [6.07, 6.45) is 7.58. The first kappa shape index (κ1) is 12.6. The molecule has 0 bridgehead atoms. The summed E-state index contributed by atoms with van der Waals surface area (Å²) >= 11 is 0. The molecular formula is C14H16N2O2. The molecule has 0 radical (unpaired) electrons. The maximum absolute atomic E-state index is 12.1. The molecule has 1 aliphatic carbocycles. The van der Waals surface area contributed by atoms with Gasteiger partial charge in [0, 0.05) is 18.4 Å². The van der Waals surface area contributed by atoms with Gasteiger partial charge in [0.2, 0.25) is 0 Å². The van der Waals surface area contributed by atoms with Crippen molar-refractivity contribution in [1.29, 1.82) is 0 Å². The van der Waals surface area contributed by atoms with Crippen LogP contribution >= 0.6 is 0 Å². The molecule has 1 aromatic heterocycles. The van der Waals surface area contributed by atoms with Crippen LogP contribution in [0, 0.1) is 11.8 Å². The number of carbonyl (C=O) groups excluding carboxylic acids is 1. The van der Waals surface area contributed by atoms with Crippen molar-refractivity contribution in [3.05, 3.63) is 29.6 Å². The summed E-state index contributed by atoms with van der Waals surface area (Å²) in [5, 5.41) is 11.7. The van der Waals surface area contributed by atoms with Crippen LogP contribution in [0.2, 0.25) is 0 Å². The van der Waals surface area contributed by atoms with Crippen LogP contribution in [0.5, 0.6) is 0 Å². The van der Waals surface area contributed by atoms with Crippen molar-refractivity contribution in [1.82, 2.24) is 10.3 Å². The summed E-state index contributed by atoms with van der Waals surface area (Å²) < 4.78 is 0. The van der Waals surface area contributed by atoms with Gasteiger partial charge >= 0.3 is 0 Å². The Balaban J connectivity index is 2.13. The van der Waals surface area contributed by atoms with Gasteiger partial charge in [-0.1, -0.05) is 24.7 Å². The monoisotopic (exact) mass is 244 g/mol. The summed E-state index contributed by atoms with van der Waals surface area (Å²) in [6, 6.07) is 1.94. The molecule has 1 fully saturated rings. The maximum atomic E-state index is 12.1. The summed E-state index contributed by atoms with van der Waals surface area (Å²) in [5.41, 5.74) is 1.08. The van der Waals surface area contributed by atoms with Gasteiger partial charge in [-0.2, -0.15) is 0 Å². The molecular weight excluding hydrogens is 228 g/mol. The van der Waals surface area contributed by atoms with E-state index in [1.54, 1.807) is 18.5 Å². The van der Waals surface area contributed by atoms with Gasteiger partial charge in [-0.3, -0.25) is 9.78 Å². The molecule has 1 aliphatic rings. The zero-order valence-electron chi connectivity index (χ0n) is 10.1. The first-order chi connectivity index (χ1) is 8.81. The highest BCUT2D eigenvalue weighted by Gasteiger charge is 2.19. The second-order valence-corrected chi connectivity index (χ2v) is 4.34. The predicted octanol–water partition coefficient (Wildman–Crippen LogP) is 1.10. The third kappa shape index (κ3) is 3.08. The van der Waals surface area contributed by atoms with Gasteiger partial charge in [0.15, 0.2) is 0 Å². The van der Waals surface area contributed by atoms with Crippen molar-refractivity contribution < 1.29 is 9.90 Å². The summed E-state index contributed by atoms with van der Waals surface area (Å²) in [6.45, 7) is -0.224. The number of nitrogens with one attached hydrogen (secondary N) is 1. The molecule has 1 aromatic rings. The number of aromatic nitrogens is 1. The molecule has 1 amide bonds. The summed E-state index contributed by atoms with van der Waals surface area (Å²) in [5.74, 6) is 5.18. The van der Waals surface area contributed by atoms with E-state index in [2.05, 4.69) is 22.1 Å². The lowest BCUT2D eigenvalue weighted by Gasteiger charge is -2.12. The van der Waals surface area contributed by atoms with Crippen LogP contribution in [0.25, 0.3) is 0 Å². The Morgan fingerprint density at radius 1 is 1.50 bits per heavy atom. The Labute approximate surface area is 106 Å². The molecule has 0 atom stereocenters. The van der Waals surface area contributed by atoms with Crippen molar-refractivity contribution in [3.8, 4) is 11.8 Å². The standard InChI is InChI=1S/C14H16N2O2/c17-9-3-4-11-10-15-8-7-13(11)14(18)16-12-5-1-2-6-12/h7-8,10,12,17H,1-2,5-6,9H2,(H,16,18). The van der Waals surface area contributed by atoms with Crippen LogP contribution in [0.4, 0.5) is 0 Å². The number of pyridine rings is 1. The molecule has 2 rings (SSSR count). The molecule has 4 nitrogen and oxygen atoms in total. The van der Waals surface area contributed by atoms with Crippen LogP contribution in [0.1, 0.15) is 41.6 Å².